The van der Waals surface area contributed by atoms with Crippen LogP contribution < -0.4 is 10.1 Å². The van der Waals surface area contributed by atoms with Crippen LogP contribution in [0.25, 0.3) is 0 Å². The summed E-state index contributed by atoms with van der Waals surface area (Å²) in [7, 11) is 0. The Morgan fingerprint density at radius 1 is 0.846 bits per heavy atom. The molecular weight excluding hydrogens is 488 g/mol. The van der Waals surface area contributed by atoms with Crippen LogP contribution in [0.3, 0.4) is 0 Å². The van der Waals surface area contributed by atoms with Crippen LogP contribution in [-0.2, 0) is 20.8 Å². The number of anilines is 1. The normalized spacial score (nSPS) is 28.6. The highest BCUT2D eigenvalue weighted by atomic mass is 16.5. The standard InChI is InChI=1S/C33H30N2O4/c1-19-7-11-22(12-8-19)39-23-13-9-21(10-14-23)34-31(36)28(17-20-5-3-2-4-6-20)35-32(37)29-24-15-16-25(27-18-26(24)27)30(29)33(35)38/h2-16,24-30H,17-18H2,1H3,(H,34,36)/t24-,25-,26-,27+,28+,29+,30+/m1/s1. The molecule has 39 heavy (non-hydrogen) atoms. The number of likely N-dealkylation sites (tertiary alicyclic amines) is 1. The molecule has 0 aromatic heterocycles. The molecule has 6 nitrogen and oxygen atoms in total. The third-order valence-electron chi connectivity index (χ3n) is 8.96. The molecule has 4 aliphatic carbocycles. The number of benzene rings is 3. The Bertz CT molecular complexity index is 1430. The van der Waals surface area contributed by atoms with E-state index in [0.29, 0.717) is 23.3 Å². The van der Waals surface area contributed by atoms with Crippen LogP contribution >= 0.6 is 0 Å². The van der Waals surface area contributed by atoms with E-state index in [9.17, 15) is 14.4 Å². The Balaban J connectivity index is 1.12. The van der Waals surface area contributed by atoms with Crippen LogP contribution in [0.15, 0.2) is 91.0 Å². The molecule has 6 heteroatoms. The van der Waals surface area contributed by atoms with Crippen LogP contribution in [0.2, 0.25) is 0 Å². The number of rotatable bonds is 7. The number of aryl methyl sites for hydroxylation is 1. The molecule has 3 fully saturated rings. The van der Waals surface area contributed by atoms with Gasteiger partial charge in [0.1, 0.15) is 17.5 Å². The van der Waals surface area contributed by atoms with Gasteiger partial charge in [-0.1, -0.05) is 60.2 Å². The van der Waals surface area contributed by atoms with E-state index in [-0.39, 0.29) is 47.8 Å². The van der Waals surface area contributed by atoms with E-state index < -0.39 is 6.04 Å². The van der Waals surface area contributed by atoms with Gasteiger partial charge in [0.2, 0.25) is 17.7 Å². The van der Waals surface area contributed by atoms with Crippen molar-refractivity contribution in [3.63, 3.8) is 0 Å². The Morgan fingerprint density at radius 3 is 2.00 bits per heavy atom. The topological polar surface area (TPSA) is 75.7 Å². The summed E-state index contributed by atoms with van der Waals surface area (Å²) in [6.45, 7) is 2.02. The molecule has 3 amide bonds. The first kappa shape index (κ1) is 23.9. The molecule has 1 aliphatic heterocycles. The fraction of sp³-hybridized carbons (Fsp3) is 0.303. The minimum Gasteiger partial charge on any atom is -0.457 e. The number of hydrogen-bond donors (Lipinski definition) is 1. The van der Waals surface area contributed by atoms with Crippen LogP contribution in [-0.4, -0.2) is 28.7 Å². The second-order valence-electron chi connectivity index (χ2n) is 11.3. The summed E-state index contributed by atoms with van der Waals surface area (Å²) in [5, 5.41) is 2.96. The van der Waals surface area contributed by atoms with Crippen molar-refractivity contribution in [2.24, 2.45) is 35.5 Å². The van der Waals surface area contributed by atoms with E-state index in [1.807, 2.05) is 61.5 Å². The lowest BCUT2D eigenvalue weighted by Gasteiger charge is -2.37. The van der Waals surface area contributed by atoms with Gasteiger partial charge < -0.3 is 10.1 Å². The van der Waals surface area contributed by atoms with Gasteiger partial charge in [0, 0.05) is 12.1 Å². The van der Waals surface area contributed by atoms with Crippen molar-refractivity contribution in [2.75, 3.05) is 5.32 Å². The number of nitrogens with one attached hydrogen (secondary N) is 1. The predicted molar refractivity (Wildman–Crippen MR) is 147 cm³/mol. The maximum absolute atomic E-state index is 13.8. The quantitative estimate of drug-likeness (QED) is 0.336. The SMILES string of the molecule is Cc1ccc(Oc2ccc(NC(=O)[C@H](Cc3ccccc3)N3C(=O)[C@H]4[C@@H]5C=C[C@H]([C@@H]6C[C@H]56)[C@@H]4C3=O)cc2)cc1. The maximum Gasteiger partial charge on any atom is 0.248 e. The highest BCUT2D eigenvalue weighted by Crippen LogP contribution is 2.65. The van der Waals surface area contributed by atoms with Gasteiger partial charge in [0.25, 0.3) is 0 Å². The van der Waals surface area contributed by atoms with Gasteiger partial charge in [0.15, 0.2) is 0 Å². The summed E-state index contributed by atoms with van der Waals surface area (Å²) in [6, 6.07) is 23.6. The third kappa shape index (κ3) is 4.15. The molecule has 5 aliphatic rings. The summed E-state index contributed by atoms with van der Waals surface area (Å²) in [6.07, 6.45) is 5.68. The van der Waals surface area contributed by atoms with E-state index in [2.05, 4.69) is 17.5 Å². The zero-order valence-corrected chi connectivity index (χ0v) is 21.7. The van der Waals surface area contributed by atoms with Crippen molar-refractivity contribution in [3.05, 3.63) is 102 Å². The van der Waals surface area contributed by atoms with Crippen molar-refractivity contribution >= 4 is 23.4 Å². The lowest BCUT2D eigenvalue weighted by atomic mass is 9.63. The van der Waals surface area contributed by atoms with E-state index in [1.165, 1.54) is 4.90 Å². The molecule has 3 aromatic carbocycles. The first-order chi connectivity index (χ1) is 19.0. The molecule has 196 valence electrons. The maximum atomic E-state index is 13.8. The number of imide groups is 1. The number of hydrogen-bond acceptors (Lipinski definition) is 4. The van der Waals surface area contributed by atoms with Crippen molar-refractivity contribution < 1.29 is 19.1 Å². The Kier molecular flexibility index (Phi) is 5.65. The highest BCUT2D eigenvalue weighted by molar-refractivity contribution is 6.10. The van der Waals surface area contributed by atoms with Gasteiger partial charge >= 0.3 is 0 Å². The largest absolute Gasteiger partial charge is 0.457 e. The van der Waals surface area contributed by atoms with Gasteiger partial charge in [-0.3, -0.25) is 19.3 Å². The Hall–Kier alpha value is -4.19. The first-order valence-corrected chi connectivity index (χ1v) is 13.7. The summed E-state index contributed by atoms with van der Waals surface area (Å²) < 4.78 is 5.91. The molecular formula is C33H30N2O4. The van der Waals surface area contributed by atoms with Gasteiger partial charge in [0.05, 0.1) is 11.8 Å². The van der Waals surface area contributed by atoms with Crippen molar-refractivity contribution in [1.82, 2.24) is 4.90 Å². The lowest BCUT2D eigenvalue weighted by Crippen LogP contribution is -2.49. The number of ether oxygens (including phenoxy) is 1. The molecule has 1 N–H and O–H groups in total. The minimum atomic E-state index is -0.919. The Morgan fingerprint density at radius 2 is 1.41 bits per heavy atom. The number of allylic oxidation sites excluding steroid dienone is 2. The Labute approximate surface area is 227 Å². The predicted octanol–water partition coefficient (Wildman–Crippen LogP) is 5.39. The highest BCUT2D eigenvalue weighted by Gasteiger charge is 2.67. The average molecular weight is 519 g/mol. The second-order valence-corrected chi connectivity index (χ2v) is 11.3. The molecule has 2 saturated carbocycles. The summed E-state index contributed by atoms with van der Waals surface area (Å²) in [5.74, 6) is 1.24. The smallest absolute Gasteiger partial charge is 0.248 e. The second kappa shape index (κ2) is 9.23. The fourth-order valence-electron chi connectivity index (χ4n) is 7.00. The van der Waals surface area contributed by atoms with E-state index in [4.69, 9.17) is 4.74 Å². The summed E-state index contributed by atoms with van der Waals surface area (Å²) in [4.78, 5) is 42.7. The van der Waals surface area contributed by atoms with Crippen molar-refractivity contribution in [1.29, 1.82) is 0 Å². The first-order valence-electron chi connectivity index (χ1n) is 13.7. The van der Waals surface area contributed by atoms with Gasteiger partial charge in [-0.2, -0.15) is 0 Å². The molecule has 0 unspecified atom stereocenters. The molecule has 3 aromatic rings. The molecule has 0 radical (unpaired) electrons. The third-order valence-corrected chi connectivity index (χ3v) is 8.96. The van der Waals surface area contributed by atoms with Gasteiger partial charge in [-0.15, -0.1) is 0 Å². The molecule has 1 saturated heterocycles. The van der Waals surface area contributed by atoms with Crippen LogP contribution in [0.4, 0.5) is 5.69 Å². The van der Waals surface area contributed by atoms with Crippen LogP contribution in [0.1, 0.15) is 17.5 Å². The zero-order chi connectivity index (χ0) is 26.7. The van der Waals surface area contributed by atoms with E-state index >= 15 is 0 Å². The van der Waals surface area contributed by atoms with Crippen LogP contribution in [0.5, 0.6) is 11.5 Å². The summed E-state index contributed by atoms with van der Waals surface area (Å²) in [5.41, 5.74) is 2.63. The zero-order valence-electron chi connectivity index (χ0n) is 21.7. The van der Waals surface area contributed by atoms with Crippen LogP contribution in [0, 0.1) is 42.4 Å². The monoisotopic (exact) mass is 518 g/mol. The molecule has 0 spiro atoms. The molecule has 7 atom stereocenters. The average Bonchev–Trinajstić information content (AvgIpc) is 3.73. The number of amides is 3. The lowest BCUT2D eigenvalue weighted by molar-refractivity contribution is -0.146. The number of nitrogens with zero attached hydrogens (tertiary/aromatic N) is 1. The van der Waals surface area contributed by atoms with Crippen molar-refractivity contribution in [3.8, 4) is 11.5 Å². The number of carbonyl (C=O) groups excluding carboxylic acids is 3. The summed E-state index contributed by atoms with van der Waals surface area (Å²) >= 11 is 0. The van der Waals surface area contributed by atoms with E-state index in [1.54, 1.807) is 24.3 Å². The van der Waals surface area contributed by atoms with Crippen molar-refractivity contribution in [2.45, 2.75) is 25.8 Å². The molecule has 2 bridgehead atoms. The molecule has 8 rings (SSSR count). The van der Waals surface area contributed by atoms with Gasteiger partial charge in [-0.05, 0) is 79.0 Å². The van der Waals surface area contributed by atoms with Gasteiger partial charge in [-0.25, -0.2) is 0 Å². The number of carbonyl (C=O) groups is 3. The fourth-order valence-corrected chi connectivity index (χ4v) is 7.00. The minimum absolute atomic E-state index is 0.118. The molecule has 1 heterocycles. The van der Waals surface area contributed by atoms with E-state index in [0.717, 1.165) is 23.3 Å².